The van der Waals surface area contributed by atoms with Crippen LogP contribution in [0.25, 0.3) is 0 Å². The molecule has 1 N–H and O–H groups in total. The van der Waals surface area contributed by atoms with Crippen molar-refractivity contribution in [3.63, 3.8) is 0 Å². The Morgan fingerprint density at radius 2 is 2.17 bits per heavy atom. The molecule has 0 aliphatic heterocycles. The molecule has 1 rings (SSSR count). The molecular weight excluding hydrogens is 222 g/mol. The molecule has 0 aromatic heterocycles. The summed E-state index contributed by atoms with van der Waals surface area (Å²) in [5.74, 6) is 1.15. The van der Waals surface area contributed by atoms with Crippen LogP contribution in [0.2, 0.25) is 0 Å². The molecule has 2 unspecified atom stereocenters. The average Bonchev–Trinajstić information content (AvgIpc) is 2.37. The van der Waals surface area contributed by atoms with Crippen molar-refractivity contribution < 1.29 is 4.79 Å². The van der Waals surface area contributed by atoms with Gasteiger partial charge in [-0.1, -0.05) is 51.2 Å². The summed E-state index contributed by atoms with van der Waals surface area (Å²) in [5, 5.41) is 3.03. The number of hydrogen-bond acceptors (Lipinski definition) is 1. The molecule has 0 aromatic rings. The van der Waals surface area contributed by atoms with Gasteiger partial charge in [-0.05, 0) is 30.8 Å². The first kappa shape index (κ1) is 14.7. The van der Waals surface area contributed by atoms with Crippen molar-refractivity contribution in [2.45, 2.75) is 39.0 Å². The van der Waals surface area contributed by atoms with Crippen molar-refractivity contribution in [3.05, 3.63) is 37.0 Å². The number of carbonyl (C=O) groups is 1. The Labute approximate surface area is 111 Å². The minimum atomic E-state index is 0.226. The zero-order valence-electron chi connectivity index (χ0n) is 11.5. The van der Waals surface area contributed by atoms with Gasteiger partial charge in [-0.3, -0.25) is 4.79 Å². The molecule has 0 bridgehead atoms. The van der Waals surface area contributed by atoms with E-state index >= 15 is 0 Å². The van der Waals surface area contributed by atoms with Gasteiger partial charge >= 0.3 is 0 Å². The highest BCUT2D eigenvalue weighted by Gasteiger charge is 2.24. The smallest absolute Gasteiger partial charge is 0.223 e. The Hall–Kier alpha value is -1.31. The fourth-order valence-corrected chi connectivity index (χ4v) is 2.55. The molecule has 0 aromatic carbocycles. The number of hydrogen-bond donors (Lipinski definition) is 1. The van der Waals surface area contributed by atoms with Gasteiger partial charge < -0.3 is 5.32 Å². The topological polar surface area (TPSA) is 29.1 Å². The van der Waals surface area contributed by atoms with E-state index < -0.39 is 0 Å². The molecule has 1 aliphatic carbocycles. The molecule has 0 radical (unpaired) electrons. The van der Waals surface area contributed by atoms with Gasteiger partial charge in [-0.2, -0.15) is 0 Å². The van der Waals surface area contributed by atoms with Crippen molar-refractivity contribution in [2.24, 2.45) is 11.8 Å². The third kappa shape index (κ3) is 4.91. The molecular formula is C16H25NO. The lowest BCUT2D eigenvalue weighted by molar-refractivity contribution is -0.126. The first-order valence-corrected chi connectivity index (χ1v) is 6.89. The second-order valence-corrected chi connectivity index (χ2v) is 5.19. The molecule has 0 heterocycles. The van der Waals surface area contributed by atoms with Crippen LogP contribution >= 0.6 is 0 Å². The second kappa shape index (κ2) is 7.91. The maximum absolute atomic E-state index is 12.0. The van der Waals surface area contributed by atoms with E-state index in [1.54, 1.807) is 6.08 Å². The third-order valence-corrected chi connectivity index (χ3v) is 3.61. The zero-order chi connectivity index (χ0) is 13.4. The number of allylic oxidation sites excluding steroid dienone is 3. The predicted molar refractivity (Wildman–Crippen MR) is 77.2 cm³/mol. The quantitative estimate of drug-likeness (QED) is 0.714. The maximum atomic E-state index is 12.0. The van der Waals surface area contributed by atoms with Crippen LogP contribution in [0.5, 0.6) is 0 Å². The van der Waals surface area contributed by atoms with Gasteiger partial charge in [0.25, 0.3) is 0 Å². The van der Waals surface area contributed by atoms with E-state index in [-0.39, 0.29) is 11.8 Å². The van der Waals surface area contributed by atoms with Gasteiger partial charge in [-0.25, -0.2) is 0 Å². The van der Waals surface area contributed by atoms with Gasteiger partial charge in [-0.15, -0.1) is 0 Å². The largest absolute Gasteiger partial charge is 0.356 e. The van der Waals surface area contributed by atoms with Crippen molar-refractivity contribution in [1.29, 1.82) is 0 Å². The van der Waals surface area contributed by atoms with E-state index in [2.05, 4.69) is 25.4 Å². The summed E-state index contributed by atoms with van der Waals surface area (Å²) >= 11 is 0. The lowest BCUT2D eigenvalue weighted by Crippen LogP contribution is -2.34. The highest BCUT2D eigenvalue weighted by atomic mass is 16.1. The molecule has 2 heteroatoms. The first-order chi connectivity index (χ1) is 8.67. The summed E-state index contributed by atoms with van der Waals surface area (Å²) in [4.78, 5) is 12.0. The molecule has 1 fully saturated rings. The van der Waals surface area contributed by atoms with Crippen LogP contribution in [-0.4, -0.2) is 12.5 Å². The van der Waals surface area contributed by atoms with Gasteiger partial charge in [0, 0.05) is 12.5 Å². The normalized spacial score (nSPS) is 24.4. The summed E-state index contributed by atoms with van der Waals surface area (Å²) < 4.78 is 0. The Morgan fingerprint density at radius 3 is 2.78 bits per heavy atom. The number of carbonyl (C=O) groups excluding carboxylic acids is 1. The van der Waals surface area contributed by atoms with Crippen molar-refractivity contribution in [3.8, 4) is 0 Å². The van der Waals surface area contributed by atoms with E-state index in [1.807, 2.05) is 12.2 Å². The predicted octanol–water partition coefficient (Wildman–Crippen LogP) is 3.62. The second-order valence-electron chi connectivity index (χ2n) is 5.19. The molecule has 0 saturated heterocycles. The van der Waals surface area contributed by atoms with Crippen LogP contribution in [0.4, 0.5) is 0 Å². The first-order valence-electron chi connectivity index (χ1n) is 6.89. The van der Waals surface area contributed by atoms with Crippen LogP contribution in [-0.2, 0) is 4.79 Å². The molecule has 100 valence electrons. The highest BCUT2D eigenvalue weighted by molar-refractivity contribution is 5.78. The molecule has 0 spiro atoms. The Balaban J connectivity index is 2.30. The van der Waals surface area contributed by atoms with E-state index in [0.29, 0.717) is 12.5 Å². The maximum Gasteiger partial charge on any atom is 0.223 e. The van der Waals surface area contributed by atoms with Crippen LogP contribution in [0.15, 0.2) is 37.0 Å². The van der Waals surface area contributed by atoms with E-state index in [1.165, 1.54) is 12.8 Å². The number of rotatable bonds is 6. The summed E-state index contributed by atoms with van der Waals surface area (Å²) in [6, 6.07) is 0. The molecule has 2 atom stereocenters. The van der Waals surface area contributed by atoms with Gasteiger partial charge in [0.1, 0.15) is 0 Å². The minimum absolute atomic E-state index is 0.226. The number of nitrogens with one attached hydrogen (secondary N) is 1. The van der Waals surface area contributed by atoms with Gasteiger partial charge in [0.05, 0.1) is 0 Å². The molecule has 1 saturated carbocycles. The summed E-state index contributed by atoms with van der Waals surface area (Å²) in [7, 11) is 0. The van der Waals surface area contributed by atoms with E-state index in [9.17, 15) is 4.79 Å². The lowest BCUT2D eigenvalue weighted by Gasteiger charge is -2.25. The lowest BCUT2D eigenvalue weighted by atomic mass is 9.82. The molecule has 1 aliphatic rings. The van der Waals surface area contributed by atoms with Gasteiger partial charge in [0.15, 0.2) is 0 Å². The van der Waals surface area contributed by atoms with E-state index in [4.69, 9.17) is 0 Å². The average molecular weight is 247 g/mol. The van der Waals surface area contributed by atoms with Crippen LogP contribution in [0.3, 0.4) is 0 Å². The van der Waals surface area contributed by atoms with Crippen LogP contribution < -0.4 is 5.32 Å². The molecule has 18 heavy (non-hydrogen) atoms. The van der Waals surface area contributed by atoms with Crippen LogP contribution in [0, 0.1) is 11.8 Å². The number of amides is 1. The zero-order valence-corrected chi connectivity index (χ0v) is 11.5. The van der Waals surface area contributed by atoms with Crippen molar-refractivity contribution in [1.82, 2.24) is 5.32 Å². The Morgan fingerprint density at radius 1 is 1.39 bits per heavy atom. The summed E-state index contributed by atoms with van der Waals surface area (Å²) in [6.07, 6.45) is 10.9. The van der Waals surface area contributed by atoms with Crippen molar-refractivity contribution in [2.75, 3.05) is 6.54 Å². The summed E-state index contributed by atoms with van der Waals surface area (Å²) in [6.45, 7) is 10.3. The molecule has 1 amide bonds. The van der Waals surface area contributed by atoms with Crippen molar-refractivity contribution >= 4 is 5.91 Å². The summed E-state index contributed by atoms with van der Waals surface area (Å²) in [5.41, 5.74) is 1.11. The fourth-order valence-electron chi connectivity index (χ4n) is 2.55. The van der Waals surface area contributed by atoms with Gasteiger partial charge in [0.2, 0.25) is 5.91 Å². The Kier molecular flexibility index (Phi) is 6.48. The third-order valence-electron chi connectivity index (χ3n) is 3.61. The highest BCUT2D eigenvalue weighted by Crippen LogP contribution is 2.28. The Bertz CT molecular complexity index is 330. The van der Waals surface area contributed by atoms with E-state index in [0.717, 1.165) is 24.8 Å². The minimum Gasteiger partial charge on any atom is -0.356 e. The molecule has 2 nitrogen and oxygen atoms in total. The SMILES string of the molecule is C=C/C=C(\C=C)CCNC(=O)C1CCCC(C)C1. The fraction of sp³-hybridized carbons (Fsp3) is 0.562. The van der Waals surface area contributed by atoms with Crippen LogP contribution in [0.1, 0.15) is 39.0 Å². The standard InChI is InChI=1S/C16H25NO/c1-4-7-14(5-2)10-11-17-16(18)15-9-6-8-13(3)12-15/h4-5,7,13,15H,1-2,6,8-12H2,3H3,(H,17,18)/b14-7+. The monoisotopic (exact) mass is 247 g/mol.